The molecule has 1 saturated heterocycles. The summed E-state index contributed by atoms with van der Waals surface area (Å²) in [5.74, 6) is -0.783. The lowest BCUT2D eigenvalue weighted by Gasteiger charge is -2.22. The van der Waals surface area contributed by atoms with E-state index in [1.54, 1.807) is 16.9 Å². The number of esters is 1. The van der Waals surface area contributed by atoms with Crippen molar-refractivity contribution in [1.29, 1.82) is 0 Å². The van der Waals surface area contributed by atoms with Crippen molar-refractivity contribution in [1.82, 2.24) is 9.80 Å². The van der Waals surface area contributed by atoms with Gasteiger partial charge in [0.15, 0.2) is 0 Å². The summed E-state index contributed by atoms with van der Waals surface area (Å²) in [7, 11) is 5.07. The van der Waals surface area contributed by atoms with Crippen LogP contribution in [0.15, 0.2) is 24.3 Å². The molecule has 1 fully saturated rings. The fourth-order valence-corrected chi connectivity index (χ4v) is 3.26. The number of methoxy groups -OCH3 is 2. The summed E-state index contributed by atoms with van der Waals surface area (Å²) in [4.78, 5) is 40.4. The first-order valence-corrected chi connectivity index (χ1v) is 11.4. The molecule has 8 nitrogen and oxygen atoms in total. The van der Waals surface area contributed by atoms with Gasteiger partial charge in [0, 0.05) is 51.9 Å². The van der Waals surface area contributed by atoms with Crippen molar-refractivity contribution in [3.8, 4) is 0 Å². The van der Waals surface area contributed by atoms with Crippen LogP contribution in [0.1, 0.15) is 46.1 Å². The Balaban J connectivity index is 0.000000801. The minimum Gasteiger partial charge on any atom is -0.469 e. The third kappa shape index (κ3) is 10.4. The summed E-state index contributed by atoms with van der Waals surface area (Å²) in [6.07, 6.45) is 2.05. The Bertz CT molecular complexity index is 745. The first kappa shape index (κ1) is 28.6. The molecule has 0 N–H and O–H groups in total. The van der Waals surface area contributed by atoms with Gasteiger partial charge in [-0.2, -0.15) is 0 Å². The zero-order chi connectivity index (χ0) is 25.0. The smallest absolute Gasteiger partial charge is 0.311 e. The van der Waals surface area contributed by atoms with Gasteiger partial charge in [-0.05, 0) is 51.9 Å². The predicted octanol–water partition coefficient (Wildman–Crippen LogP) is 2.94. The summed E-state index contributed by atoms with van der Waals surface area (Å²) in [6, 6.07) is 7.81. The number of rotatable bonds is 10. The summed E-state index contributed by atoms with van der Waals surface area (Å²) in [5.41, 5.74) is 1.97. The molecule has 1 atom stereocenters. The van der Waals surface area contributed by atoms with Gasteiger partial charge in [-0.25, -0.2) is 0 Å². The second-order valence-electron chi connectivity index (χ2n) is 9.29. The van der Waals surface area contributed by atoms with Gasteiger partial charge >= 0.3 is 5.97 Å². The van der Waals surface area contributed by atoms with Crippen LogP contribution < -0.4 is 4.90 Å². The highest BCUT2D eigenvalue weighted by Crippen LogP contribution is 2.26. The third-order valence-electron chi connectivity index (χ3n) is 5.40. The van der Waals surface area contributed by atoms with Crippen molar-refractivity contribution in [2.45, 2.75) is 52.7 Å². The second kappa shape index (κ2) is 14.0. The van der Waals surface area contributed by atoms with E-state index in [9.17, 15) is 14.4 Å². The van der Waals surface area contributed by atoms with E-state index in [0.29, 0.717) is 13.1 Å². The molecule has 0 radical (unpaired) electrons. The van der Waals surface area contributed by atoms with Gasteiger partial charge in [-0.15, -0.1) is 0 Å². The van der Waals surface area contributed by atoms with Gasteiger partial charge in [0.1, 0.15) is 0 Å². The Hall–Kier alpha value is -2.45. The number of carbonyl (C=O) groups excluding carboxylic acids is 3. The first-order chi connectivity index (χ1) is 15.5. The predicted molar refractivity (Wildman–Crippen MR) is 130 cm³/mol. The Morgan fingerprint density at radius 1 is 1.15 bits per heavy atom. The molecule has 2 amide bonds. The topological polar surface area (TPSA) is 79.4 Å². The average molecular weight is 464 g/mol. The van der Waals surface area contributed by atoms with E-state index in [1.807, 2.05) is 52.1 Å². The monoisotopic (exact) mass is 463 g/mol. The first-order valence-electron chi connectivity index (χ1n) is 11.4. The number of ether oxygens (including phenoxy) is 2. The number of benzene rings is 1. The largest absolute Gasteiger partial charge is 0.469 e. The van der Waals surface area contributed by atoms with Gasteiger partial charge < -0.3 is 24.2 Å². The average Bonchev–Trinajstić information content (AvgIpc) is 3.18. The number of hydrogen-bond donors (Lipinski definition) is 0. The minimum atomic E-state index is -0.391. The van der Waals surface area contributed by atoms with Gasteiger partial charge in [-0.3, -0.25) is 14.4 Å². The number of anilines is 1. The molecular weight excluding hydrogens is 422 g/mol. The molecule has 1 aliphatic rings. The molecule has 33 heavy (non-hydrogen) atoms. The number of likely N-dealkylation sites (N-methyl/N-ethyl adjacent to an activating group) is 1. The van der Waals surface area contributed by atoms with Crippen molar-refractivity contribution in [2.75, 3.05) is 52.3 Å². The van der Waals surface area contributed by atoms with Crippen molar-refractivity contribution in [2.24, 2.45) is 5.92 Å². The maximum Gasteiger partial charge on any atom is 0.311 e. The highest BCUT2D eigenvalue weighted by molar-refractivity contribution is 5.99. The molecule has 0 spiro atoms. The van der Waals surface area contributed by atoms with E-state index >= 15 is 0 Å². The lowest BCUT2D eigenvalue weighted by atomic mass is 10.1. The second-order valence-corrected chi connectivity index (χ2v) is 9.29. The number of amides is 2. The molecule has 1 aliphatic heterocycles. The summed E-state index contributed by atoms with van der Waals surface area (Å²) in [5, 5.41) is 0. The zero-order valence-electron chi connectivity index (χ0n) is 21.3. The van der Waals surface area contributed by atoms with E-state index in [4.69, 9.17) is 9.47 Å². The normalized spacial score (nSPS) is 15.8. The highest BCUT2D eigenvalue weighted by Gasteiger charge is 2.35. The van der Waals surface area contributed by atoms with Crippen LogP contribution in [-0.2, 0) is 30.4 Å². The fraction of sp³-hybridized carbons (Fsp3) is 0.640. The molecule has 0 aromatic heterocycles. The van der Waals surface area contributed by atoms with Crippen LogP contribution in [-0.4, -0.2) is 81.1 Å². The molecule has 186 valence electrons. The van der Waals surface area contributed by atoms with E-state index in [0.717, 1.165) is 43.7 Å². The number of carbonyl (C=O) groups is 3. The van der Waals surface area contributed by atoms with Crippen molar-refractivity contribution in [3.63, 3.8) is 0 Å². The van der Waals surface area contributed by atoms with Gasteiger partial charge in [0.05, 0.1) is 18.6 Å². The van der Waals surface area contributed by atoms with Crippen LogP contribution in [0, 0.1) is 5.92 Å². The maximum absolute atomic E-state index is 12.2. The standard InChI is InChI=1S/C20H29N3O4.C5H12O/c1-4-9-22(15-24)11-10-21(2)13-16-5-7-18(8-6-16)23-14-17(12-19(23)25)20(26)27-3;1-5(2,3)6-4/h5-8,15,17H,4,9-14H2,1-3H3;1-4H3. The Kier molecular flexibility index (Phi) is 12.1. The van der Waals surface area contributed by atoms with Crippen LogP contribution in [0.3, 0.4) is 0 Å². The lowest BCUT2D eigenvalue weighted by molar-refractivity contribution is -0.145. The Labute approximate surface area is 198 Å². The molecule has 0 aliphatic carbocycles. The zero-order valence-corrected chi connectivity index (χ0v) is 21.3. The number of hydrogen-bond acceptors (Lipinski definition) is 6. The van der Waals surface area contributed by atoms with Crippen LogP contribution in [0.2, 0.25) is 0 Å². The molecular formula is C25H41N3O5. The van der Waals surface area contributed by atoms with E-state index in [2.05, 4.69) is 11.8 Å². The molecule has 1 heterocycles. The Morgan fingerprint density at radius 3 is 2.24 bits per heavy atom. The molecule has 1 aromatic carbocycles. The fourth-order valence-electron chi connectivity index (χ4n) is 3.26. The van der Waals surface area contributed by atoms with Crippen LogP contribution in [0.5, 0.6) is 0 Å². The van der Waals surface area contributed by atoms with E-state index < -0.39 is 5.92 Å². The van der Waals surface area contributed by atoms with Crippen molar-refractivity contribution < 1.29 is 23.9 Å². The van der Waals surface area contributed by atoms with Crippen molar-refractivity contribution in [3.05, 3.63) is 29.8 Å². The van der Waals surface area contributed by atoms with Crippen molar-refractivity contribution >= 4 is 24.0 Å². The highest BCUT2D eigenvalue weighted by atomic mass is 16.5. The maximum atomic E-state index is 12.2. The third-order valence-corrected chi connectivity index (χ3v) is 5.40. The quantitative estimate of drug-likeness (QED) is 0.392. The van der Waals surface area contributed by atoms with E-state index in [-0.39, 0.29) is 23.9 Å². The van der Waals surface area contributed by atoms with Gasteiger partial charge in [-0.1, -0.05) is 19.1 Å². The summed E-state index contributed by atoms with van der Waals surface area (Å²) >= 11 is 0. The number of nitrogens with zero attached hydrogens (tertiary/aromatic N) is 3. The lowest BCUT2D eigenvalue weighted by Crippen LogP contribution is -2.32. The minimum absolute atomic E-state index is 0.0417. The summed E-state index contributed by atoms with van der Waals surface area (Å²) in [6.45, 7) is 11.5. The van der Waals surface area contributed by atoms with Crippen LogP contribution >= 0.6 is 0 Å². The summed E-state index contributed by atoms with van der Waals surface area (Å²) < 4.78 is 9.68. The Morgan fingerprint density at radius 2 is 1.76 bits per heavy atom. The SMILES string of the molecule is CCCN(C=O)CCN(C)Cc1ccc(N2CC(C(=O)OC)CC2=O)cc1.COC(C)(C)C. The van der Waals surface area contributed by atoms with Crippen LogP contribution in [0.25, 0.3) is 0 Å². The molecule has 1 unspecified atom stereocenters. The molecule has 1 aromatic rings. The van der Waals surface area contributed by atoms with Gasteiger partial charge in [0.2, 0.25) is 12.3 Å². The molecule has 0 saturated carbocycles. The van der Waals surface area contributed by atoms with Crippen LogP contribution in [0.4, 0.5) is 5.69 Å². The molecule has 8 heteroatoms. The van der Waals surface area contributed by atoms with E-state index in [1.165, 1.54) is 7.11 Å². The van der Waals surface area contributed by atoms with Gasteiger partial charge in [0.25, 0.3) is 0 Å². The molecule has 0 bridgehead atoms. The molecule has 2 rings (SSSR count).